The summed E-state index contributed by atoms with van der Waals surface area (Å²) >= 11 is 4.69. The van der Waals surface area contributed by atoms with Gasteiger partial charge >= 0.3 is 0 Å². The molecule has 20 heavy (non-hydrogen) atoms. The molecule has 0 amide bonds. The van der Waals surface area contributed by atoms with Gasteiger partial charge in [-0.05, 0) is 40.4 Å². The maximum atomic E-state index is 12.3. The molecule has 3 heterocycles. The van der Waals surface area contributed by atoms with Gasteiger partial charge in [-0.3, -0.25) is 9.59 Å². The molecule has 0 spiro atoms. The molecule has 102 valence electrons. The van der Waals surface area contributed by atoms with Crippen LogP contribution < -0.4 is 5.56 Å². The summed E-state index contributed by atoms with van der Waals surface area (Å²) in [5.41, 5.74) is 1.03. The van der Waals surface area contributed by atoms with Crippen LogP contribution in [0, 0.1) is 6.92 Å². The van der Waals surface area contributed by atoms with Crippen LogP contribution in [0.5, 0.6) is 0 Å². The van der Waals surface area contributed by atoms with Crippen molar-refractivity contribution in [3.05, 3.63) is 55.3 Å². The van der Waals surface area contributed by atoms with Crippen molar-refractivity contribution in [2.75, 3.05) is 0 Å². The zero-order valence-corrected chi connectivity index (χ0v) is 12.9. The summed E-state index contributed by atoms with van der Waals surface area (Å²) in [7, 11) is 0. The molecule has 0 unspecified atom stereocenters. The molecule has 0 aliphatic rings. The highest BCUT2D eigenvalue weighted by atomic mass is 79.9. The summed E-state index contributed by atoms with van der Waals surface area (Å²) in [6.45, 7) is 1.85. The molecule has 0 aliphatic carbocycles. The molecule has 3 aromatic heterocycles. The van der Waals surface area contributed by atoms with Gasteiger partial charge in [0, 0.05) is 16.9 Å². The summed E-state index contributed by atoms with van der Waals surface area (Å²) in [6, 6.07) is 3.54. The van der Waals surface area contributed by atoms with Gasteiger partial charge in [-0.2, -0.15) is 5.10 Å². The molecule has 3 aromatic rings. The summed E-state index contributed by atoms with van der Waals surface area (Å²) in [5, 5.41) is 6.01. The molecule has 0 fully saturated rings. The second kappa shape index (κ2) is 4.99. The summed E-state index contributed by atoms with van der Waals surface area (Å²) in [4.78, 5) is 25.1. The molecule has 5 nitrogen and oxygen atoms in total. The molecule has 0 N–H and O–H groups in total. The van der Waals surface area contributed by atoms with E-state index in [1.807, 2.05) is 18.4 Å². The lowest BCUT2D eigenvalue weighted by atomic mass is 10.3. The van der Waals surface area contributed by atoms with Crippen molar-refractivity contribution < 1.29 is 4.79 Å². The van der Waals surface area contributed by atoms with Crippen molar-refractivity contribution in [2.24, 2.45) is 0 Å². The number of hydrogen-bond donors (Lipinski definition) is 0. The molecule has 0 saturated heterocycles. The largest absolute Gasteiger partial charge is 0.304 e. The summed E-state index contributed by atoms with van der Waals surface area (Å²) in [5.74, 6) is -0.0884. The zero-order chi connectivity index (χ0) is 14.3. The normalized spacial score (nSPS) is 11.1. The molecule has 0 atom stereocenters. The van der Waals surface area contributed by atoms with Gasteiger partial charge in [-0.25, -0.2) is 4.52 Å². The molecule has 7 heteroatoms. The Kier molecular flexibility index (Phi) is 3.31. The number of nitrogens with zero attached hydrogens (tertiary/aromatic N) is 3. The van der Waals surface area contributed by atoms with Crippen LogP contribution in [0.1, 0.15) is 15.4 Å². The molecular weight excluding hydrogens is 342 g/mol. The minimum absolute atomic E-state index is 0.0265. The molecule has 0 bridgehead atoms. The van der Waals surface area contributed by atoms with Crippen molar-refractivity contribution >= 4 is 38.6 Å². The van der Waals surface area contributed by atoms with Crippen LogP contribution in [0.2, 0.25) is 0 Å². The minimum Gasteiger partial charge on any atom is -0.304 e. The number of carbonyl (C=O) groups is 1. The van der Waals surface area contributed by atoms with E-state index in [-0.39, 0.29) is 17.9 Å². The summed E-state index contributed by atoms with van der Waals surface area (Å²) < 4.78 is 3.70. The predicted molar refractivity (Wildman–Crippen MR) is 80.5 cm³/mol. The van der Waals surface area contributed by atoms with E-state index in [1.165, 1.54) is 20.4 Å². The first-order chi connectivity index (χ1) is 9.56. The van der Waals surface area contributed by atoms with E-state index in [9.17, 15) is 9.59 Å². The van der Waals surface area contributed by atoms with Crippen molar-refractivity contribution in [1.82, 2.24) is 14.2 Å². The lowest BCUT2D eigenvalue weighted by Crippen LogP contribution is -2.24. The topological polar surface area (TPSA) is 56.4 Å². The molecule has 3 rings (SSSR count). The number of aryl methyl sites for hydroxylation is 1. The molecular formula is C13H10BrN3O2S. The third kappa shape index (κ3) is 2.23. The van der Waals surface area contributed by atoms with Gasteiger partial charge in [0.1, 0.15) is 5.52 Å². The van der Waals surface area contributed by atoms with E-state index >= 15 is 0 Å². The Labute approximate surface area is 126 Å². The second-order valence-electron chi connectivity index (χ2n) is 4.37. The third-order valence-electron chi connectivity index (χ3n) is 2.91. The first kappa shape index (κ1) is 13.3. The molecule has 0 aliphatic heterocycles. The van der Waals surface area contributed by atoms with Gasteiger partial charge in [0.05, 0.1) is 17.1 Å². The number of ketones is 1. The SMILES string of the molecule is Cc1cc2c(=O)n(CC(=O)c3sccc3Br)ccn2n1. The first-order valence-corrected chi connectivity index (χ1v) is 7.55. The smallest absolute Gasteiger partial charge is 0.276 e. The molecule has 0 radical (unpaired) electrons. The third-order valence-corrected chi connectivity index (χ3v) is 4.79. The van der Waals surface area contributed by atoms with Crippen LogP contribution in [0.25, 0.3) is 5.52 Å². The number of thiophene rings is 1. The van der Waals surface area contributed by atoms with E-state index < -0.39 is 0 Å². The fraction of sp³-hybridized carbons (Fsp3) is 0.154. The Balaban J connectivity index is 1.99. The van der Waals surface area contributed by atoms with Crippen LogP contribution in [0.15, 0.2) is 39.2 Å². The Hall–Kier alpha value is -1.73. The average Bonchev–Trinajstić information content (AvgIpc) is 2.98. The van der Waals surface area contributed by atoms with Crippen molar-refractivity contribution in [3.63, 3.8) is 0 Å². The highest BCUT2D eigenvalue weighted by Crippen LogP contribution is 2.23. The van der Waals surface area contributed by atoms with E-state index in [2.05, 4.69) is 21.0 Å². The number of Topliss-reactive ketones (excluding diaryl/α,β-unsaturated/α-hetero) is 1. The number of aromatic nitrogens is 3. The van der Waals surface area contributed by atoms with Crippen LogP contribution in [-0.4, -0.2) is 20.0 Å². The molecule has 0 aromatic carbocycles. The second-order valence-corrected chi connectivity index (χ2v) is 6.14. The predicted octanol–water partition coefficient (Wildman–Crippen LogP) is 2.51. The lowest BCUT2D eigenvalue weighted by molar-refractivity contribution is 0.0974. The van der Waals surface area contributed by atoms with Gasteiger partial charge in [-0.15, -0.1) is 11.3 Å². The minimum atomic E-state index is -0.214. The van der Waals surface area contributed by atoms with Crippen molar-refractivity contribution in [1.29, 1.82) is 0 Å². The maximum Gasteiger partial charge on any atom is 0.276 e. The van der Waals surface area contributed by atoms with Gasteiger partial charge in [-0.1, -0.05) is 0 Å². The zero-order valence-electron chi connectivity index (χ0n) is 10.5. The molecule has 0 saturated carbocycles. The van der Waals surface area contributed by atoms with E-state index in [4.69, 9.17) is 0 Å². The van der Waals surface area contributed by atoms with Crippen LogP contribution in [0.3, 0.4) is 0 Å². The van der Waals surface area contributed by atoms with Gasteiger partial charge in [0.15, 0.2) is 5.78 Å². The average molecular weight is 352 g/mol. The number of rotatable bonds is 3. The van der Waals surface area contributed by atoms with Crippen LogP contribution in [0.4, 0.5) is 0 Å². The van der Waals surface area contributed by atoms with E-state index in [1.54, 1.807) is 18.5 Å². The quantitative estimate of drug-likeness (QED) is 0.681. The number of halogens is 1. The number of carbonyl (C=O) groups excluding carboxylic acids is 1. The lowest BCUT2D eigenvalue weighted by Gasteiger charge is -2.04. The fourth-order valence-electron chi connectivity index (χ4n) is 1.99. The highest BCUT2D eigenvalue weighted by Gasteiger charge is 2.14. The Morgan fingerprint density at radius 3 is 2.95 bits per heavy atom. The van der Waals surface area contributed by atoms with Crippen LogP contribution >= 0.6 is 27.3 Å². The highest BCUT2D eigenvalue weighted by molar-refractivity contribution is 9.10. The van der Waals surface area contributed by atoms with Crippen molar-refractivity contribution in [3.8, 4) is 0 Å². The number of hydrogen-bond acceptors (Lipinski definition) is 4. The van der Waals surface area contributed by atoms with Crippen molar-refractivity contribution in [2.45, 2.75) is 13.5 Å². The monoisotopic (exact) mass is 351 g/mol. The Bertz CT molecular complexity index is 862. The first-order valence-electron chi connectivity index (χ1n) is 5.88. The summed E-state index contributed by atoms with van der Waals surface area (Å²) in [6.07, 6.45) is 3.27. The van der Waals surface area contributed by atoms with Gasteiger partial charge in [0.25, 0.3) is 5.56 Å². The maximum absolute atomic E-state index is 12.3. The van der Waals surface area contributed by atoms with Crippen LogP contribution in [-0.2, 0) is 6.54 Å². The Morgan fingerprint density at radius 1 is 1.45 bits per heavy atom. The van der Waals surface area contributed by atoms with Gasteiger partial charge < -0.3 is 4.57 Å². The standard InChI is InChI=1S/C13H10BrN3O2S/c1-8-6-10-13(19)16(3-4-17(10)15-8)7-11(18)12-9(14)2-5-20-12/h2-6H,7H2,1H3. The van der Waals surface area contributed by atoms with E-state index in [0.29, 0.717) is 10.4 Å². The fourth-order valence-corrected chi connectivity index (χ4v) is 3.52. The van der Waals surface area contributed by atoms with Gasteiger partial charge in [0.2, 0.25) is 0 Å². The number of fused-ring (bicyclic) bond motifs is 1. The van der Waals surface area contributed by atoms with E-state index in [0.717, 1.165) is 10.2 Å². The Morgan fingerprint density at radius 2 is 2.25 bits per heavy atom.